The number of carbonyl (C=O) groups is 1. The van der Waals surface area contributed by atoms with E-state index < -0.39 is 5.91 Å². The fourth-order valence-electron chi connectivity index (χ4n) is 5.67. The van der Waals surface area contributed by atoms with Crippen molar-refractivity contribution < 1.29 is 19.7 Å². The summed E-state index contributed by atoms with van der Waals surface area (Å²) in [5, 5.41) is 13.4. The lowest BCUT2D eigenvalue weighted by Crippen LogP contribution is -2.68. The van der Waals surface area contributed by atoms with Gasteiger partial charge >= 0.3 is 0 Å². The first-order valence-corrected chi connectivity index (χ1v) is 15.5. The maximum absolute atomic E-state index is 12.9. The molecule has 2 atom stereocenters. The van der Waals surface area contributed by atoms with Crippen LogP contribution in [0.4, 0.5) is 10.9 Å². The van der Waals surface area contributed by atoms with Gasteiger partial charge in [0.25, 0.3) is 5.91 Å². The molecule has 5 aromatic rings. The van der Waals surface area contributed by atoms with E-state index >= 15 is 0 Å². The molecular weight excluding hydrogens is 578 g/mol. The van der Waals surface area contributed by atoms with Gasteiger partial charge in [-0.25, -0.2) is 9.97 Å². The fraction of sp³-hybridized carbons (Fsp3) is 0.407. The van der Waals surface area contributed by atoms with Crippen LogP contribution in [-0.4, -0.2) is 68.9 Å². The number of amides is 1. The van der Waals surface area contributed by atoms with Crippen molar-refractivity contribution in [2.45, 2.75) is 44.2 Å². The number of aromatic nitrogens is 5. The lowest BCUT2D eigenvalue weighted by molar-refractivity contribution is -0.427. The molecule has 218 valence electrons. The molecule has 1 amide bonds. The van der Waals surface area contributed by atoms with Gasteiger partial charge < -0.3 is 30.8 Å². The van der Waals surface area contributed by atoms with E-state index in [4.69, 9.17) is 19.9 Å². The molecule has 0 bridgehead atoms. The molecule has 0 unspecified atom stereocenters. The van der Waals surface area contributed by atoms with E-state index in [1.807, 2.05) is 0 Å². The third kappa shape index (κ3) is 4.91. The molecule has 1 aliphatic heterocycles. The molecular formula is C27H30N9O4S2+. The summed E-state index contributed by atoms with van der Waals surface area (Å²) < 4.78 is 13.6. The number of primary amides is 1. The van der Waals surface area contributed by atoms with Crippen molar-refractivity contribution >= 4 is 55.5 Å². The minimum absolute atomic E-state index is 0.156. The molecule has 6 N–H and O–H groups in total. The van der Waals surface area contributed by atoms with E-state index in [1.165, 1.54) is 35.4 Å². The van der Waals surface area contributed by atoms with Crippen molar-refractivity contribution in [3.8, 4) is 10.6 Å². The van der Waals surface area contributed by atoms with Crippen LogP contribution in [-0.2, 0) is 11.2 Å². The van der Waals surface area contributed by atoms with Crippen LogP contribution in [0.3, 0.4) is 0 Å². The van der Waals surface area contributed by atoms with Crippen LogP contribution in [0, 0.1) is 0 Å². The number of quaternary nitrogens is 1. The highest BCUT2D eigenvalue weighted by atomic mass is 32.1. The zero-order chi connectivity index (χ0) is 28.8. The second-order valence-electron chi connectivity index (χ2n) is 10.6. The van der Waals surface area contributed by atoms with Crippen LogP contribution in [0.1, 0.15) is 46.6 Å². The number of nitrogens with zero attached hydrogens (tertiary/aromatic N) is 6. The molecule has 5 aromatic heterocycles. The van der Waals surface area contributed by atoms with Gasteiger partial charge in [-0.05, 0) is 12.8 Å². The molecule has 15 heteroatoms. The molecule has 7 rings (SSSR count). The smallest absolute Gasteiger partial charge is 0.254 e. The number of carbonyl (C=O) groups excluding carboxylic acids is 1. The maximum atomic E-state index is 12.9. The largest absolute Gasteiger partial charge is 0.459 e. The number of morpholine rings is 1. The molecule has 1 aliphatic carbocycles. The van der Waals surface area contributed by atoms with Crippen LogP contribution in [0.25, 0.3) is 26.5 Å². The zero-order valence-corrected chi connectivity index (χ0v) is 24.4. The summed E-state index contributed by atoms with van der Waals surface area (Å²) in [6.45, 7) is 2.72. The van der Waals surface area contributed by atoms with E-state index in [0.29, 0.717) is 47.5 Å². The van der Waals surface area contributed by atoms with Gasteiger partial charge in [-0.1, -0.05) is 6.42 Å². The van der Waals surface area contributed by atoms with Gasteiger partial charge in [0, 0.05) is 43.1 Å². The number of thiazole rings is 1. The third-order valence-corrected chi connectivity index (χ3v) is 10.1. The summed E-state index contributed by atoms with van der Waals surface area (Å²) in [7, 11) is 0. The Morgan fingerprint density at radius 3 is 2.86 bits per heavy atom. The van der Waals surface area contributed by atoms with Crippen LogP contribution >= 0.6 is 22.7 Å². The van der Waals surface area contributed by atoms with Crippen molar-refractivity contribution in [2.24, 2.45) is 5.73 Å². The molecule has 1 saturated heterocycles. The fourth-order valence-corrected chi connectivity index (χ4v) is 7.84. The summed E-state index contributed by atoms with van der Waals surface area (Å²) >= 11 is 2.97. The lowest BCUT2D eigenvalue weighted by Gasteiger charge is -2.27. The van der Waals surface area contributed by atoms with Gasteiger partial charge in [-0.2, -0.15) is 0 Å². The number of furan rings is 1. The Bertz CT molecular complexity index is 1840. The average Bonchev–Trinajstić information content (AvgIpc) is 3.75. The second kappa shape index (κ2) is 11.1. The number of nitrogens with two attached hydrogens (primary N) is 1. The Hall–Kier alpha value is -3.92. The second-order valence-corrected chi connectivity index (χ2v) is 12.8. The summed E-state index contributed by atoms with van der Waals surface area (Å²) in [6.07, 6.45) is 9.52. The lowest BCUT2D eigenvalue weighted by atomic mass is 9.91. The van der Waals surface area contributed by atoms with Crippen molar-refractivity contribution in [3.05, 3.63) is 51.2 Å². The normalized spacial score (nSPS) is 19.5. The van der Waals surface area contributed by atoms with Gasteiger partial charge in [-0.3, -0.25) is 14.0 Å². The van der Waals surface area contributed by atoms with E-state index in [2.05, 4.69) is 31.1 Å². The van der Waals surface area contributed by atoms with E-state index in [1.54, 1.807) is 22.9 Å². The summed E-state index contributed by atoms with van der Waals surface area (Å²) in [4.78, 5) is 38.0. The number of rotatable bonds is 7. The number of ether oxygens (including phenoxy) is 1. The average molecular weight is 609 g/mol. The predicted molar refractivity (Wildman–Crippen MR) is 159 cm³/mol. The quantitative estimate of drug-likeness (QED) is 0.247. The maximum Gasteiger partial charge on any atom is 0.254 e. The highest BCUT2D eigenvalue weighted by Crippen LogP contribution is 2.38. The molecule has 42 heavy (non-hydrogen) atoms. The number of nitrogens with one attached hydrogen (secondary N) is 1. The van der Waals surface area contributed by atoms with E-state index in [9.17, 15) is 9.59 Å². The molecule has 13 nitrogen and oxygen atoms in total. The molecule has 0 aromatic carbocycles. The Kier molecular flexibility index (Phi) is 7.09. The first kappa shape index (κ1) is 26.9. The summed E-state index contributed by atoms with van der Waals surface area (Å²) in [5.41, 5.74) is 12.1. The Morgan fingerprint density at radius 1 is 1.21 bits per heavy atom. The highest BCUT2D eigenvalue weighted by Gasteiger charge is 2.28. The SMILES string of the molecule is NC(=O)c1c(Cc2cnc(-c3coc4c(=O)cc(N5CCOCC5)sc34)s2)nc(N[C@H]2CCCC[C@H]2[NH3+])n2cnnc12. The Morgan fingerprint density at radius 2 is 2.05 bits per heavy atom. The number of fused-ring (bicyclic) bond motifs is 2. The standard InChI is InChI=1S/C27H29N9O4S2/c28-16-3-1-2-4-17(16)32-27-33-18(21(24(29)38)25-34-31-13-36(25)27)9-14-11-30-26(41-14)15-12-40-22-19(37)10-20(42-23(15)22)35-5-7-39-8-6-35/h10-13,16-17H,1-9,28H2,(H2,29,38)(H,32,33)/p+1/t16-,17+/m1/s1. The molecule has 1 saturated carbocycles. The van der Waals surface area contributed by atoms with Crippen LogP contribution < -0.4 is 27.1 Å². The first-order chi connectivity index (χ1) is 20.5. The van der Waals surface area contributed by atoms with Crippen molar-refractivity contribution in [1.82, 2.24) is 24.6 Å². The van der Waals surface area contributed by atoms with Crippen LogP contribution in [0.15, 0.2) is 34.1 Å². The number of hydrogen-bond donors (Lipinski definition) is 3. The minimum Gasteiger partial charge on any atom is -0.459 e. The first-order valence-electron chi connectivity index (χ1n) is 13.9. The van der Waals surface area contributed by atoms with Crippen molar-refractivity contribution in [2.75, 3.05) is 36.5 Å². The van der Waals surface area contributed by atoms with E-state index in [-0.39, 0.29) is 23.1 Å². The topological polar surface area (TPSA) is 181 Å². The summed E-state index contributed by atoms with van der Waals surface area (Å²) in [6, 6.07) is 2.04. The summed E-state index contributed by atoms with van der Waals surface area (Å²) in [5.74, 6) is -0.0673. The Balaban J connectivity index is 1.23. The van der Waals surface area contributed by atoms with Crippen LogP contribution in [0.2, 0.25) is 0 Å². The number of hydrogen-bond acceptors (Lipinski definition) is 12. The van der Waals surface area contributed by atoms with Gasteiger partial charge in [0.15, 0.2) is 11.2 Å². The molecule has 6 heterocycles. The van der Waals surface area contributed by atoms with Gasteiger partial charge in [0.2, 0.25) is 11.4 Å². The van der Waals surface area contributed by atoms with E-state index in [0.717, 1.165) is 52.5 Å². The monoisotopic (exact) mass is 608 g/mol. The molecule has 0 spiro atoms. The molecule has 2 fully saturated rings. The van der Waals surface area contributed by atoms with Gasteiger partial charge in [0.05, 0.1) is 40.2 Å². The van der Waals surface area contributed by atoms with Crippen molar-refractivity contribution in [1.29, 1.82) is 0 Å². The minimum atomic E-state index is -0.624. The van der Waals surface area contributed by atoms with Gasteiger partial charge in [0.1, 0.15) is 29.2 Å². The van der Waals surface area contributed by atoms with Crippen molar-refractivity contribution in [3.63, 3.8) is 0 Å². The molecule has 0 radical (unpaired) electrons. The predicted octanol–water partition coefficient (Wildman–Crippen LogP) is 1.91. The number of anilines is 2. The van der Waals surface area contributed by atoms with Crippen LogP contribution in [0.5, 0.6) is 0 Å². The zero-order valence-electron chi connectivity index (χ0n) is 22.7. The highest BCUT2D eigenvalue weighted by molar-refractivity contribution is 7.23. The van der Waals surface area contributed by atoms with Gasteiger partial charge in [-0.15, -0.1) is 32.9 Å². The third-order valence-electron chi connectivity index (χ3n) is 7.88. The molecule has 2 aliphatic rings. The Labute approximate surface area is 247 Å².